The van der Waals surface area contributed by atoms with Crippen LogP contribution < -0.4 is 5.32 Å². The minimum atomic E-state index is -4.37. The summed E-state index contributed by atoms with van der Waals surface area (Å²) in [6.07, 6.45) is -0.295. The molecule has 0 fully saturated rings. The SMILES string of the molecule is O=C(CCOCC(F)(F)F)NCCc1cnn(-c2ccccc2)c1. The summed E-state index contributed by atoms with van der Waals surface area (Å²) in [7, 11) is 0. The second-order valence-corrected chi connectivity index (χ2v) is 5.15. The predicted molar refractivity (Wildman–Crippen MR) is 81.8 cm³/mol. The molecule has 130 valence electrons. The average molecular weight is 341 g/mol. The van der Waals surface area contributed by atoms with Crippen LogP contribution in [0.25, 0.3) is 5.69 Å². The zero-order valence-corrected chi connectivity index (χ0v) is 12.9. The first-order chi connectivity index (χ1) is 11.4. The van der Waals surface area contributed by atoms with Crippen molar-refractivity contribution in [3.05, 3.63) is 48.3 Å². The monoisotopic (exact) mass is 341 g/mol. The first-order valence-electron chi connectivity index (χ1n) is 7.44. The van der Waals surface area contributed by atoms with E-state index in [-0.39, 0.29) is 18.9 Å². The molecule has 5 nitrogen and oxygen atoms in total. The first-order valence-corrected chi connectivity index (χ1v) is 7.44. The molecule has 0 unspecified atom stereocenters. The van der Waals surface area contributed by atoms with Gasteiger partial charge in [0, 0.05) is 19.2 Å². The lowest BCUT2D eigenvalue weighted by molar-refractivity contribution is -0.174. The third-order valence-corrected chi connectivity index (χ3v) is 3.13. The van der Waals surface area contributed by atoms with Crippen LogP contribution in [0.3, 0.4) is 0 Å². The summed E-state index contributed by atoms with van der Waals surface area (Å²) >= 11 is 0. The summed E-state index contributed by atoms with van der Waals surface area (Å²) in [6, 6.07) is 9.61. The van der Waals surface area contributed by atoms with Crippen molar-refractivity contribution in [3.63, 3.8) is 0 Å². The van der Waals surface area contributed by atoms with Crippen molar-refractivity contribution in [2.75, 3.05) is 19.8 Å². The molecule has 0 saturated carbocycles. The van der Waals surface area contributed by atoms with Crippen molar-refractivity contribution in [2.45, 2.75) is 19.0 Å². The van der Waals surface area contributed by atoms with E-state index < -0.39 is 12.8 Å². The number of nitrogens with one attached hydrogen (secondary N) is 1. The van der Waals surface area contributed by atoms with Crippen LogP contribution in [-0.4, -0.2) is 41.6 Å². The number of benzene rings is 1. The van der Waals surface area contributed by atoms with Gasteiger partial charge in [0.15, 0.2) is 0 Å². The number of hydrogen-bond donors (Lipinski definition) is 1. The van der Waals surface area contributed by atoms with Gasteiger partial charge in [-0.1, -0.05) is 18.2 Å². The van der Waals surface area contributed by atoms with Crippen molar-refractivity contribution in [1.29, 1.82) is 0 Å². The molecule has 0 aliphatic carbocycles. The maximum atomic E-state index is 11.9. The third kappa shape index (κ3) is 6.41. The maximum absolute atomic E-state index is 11.9. The lowest BCUT2D eigenvalue weighted by atomic mass is 10.2. The predicted octanol–water partition coefficient (Wildman–Crippen LogP) is 2.50. The zero-order valence-electron chi connectivity index (χ0n) is 12.9. The van der Waals surface area contributed by atoms with Crippen LogP contribution in [0.15, 0.2) is 42.7 Å². The third-order valence-electron chi connectivity index (χ3n) is 3.13. The minimum Gasteiger partial charge on any atom is -0.372 e. The Labute approximate surface area is 137 Å². The number of aromatic nitrogens is 2. The number of nitrogens with zero attached hydrogens (tertiary/aromatic N) is 2. The largest absolute Gasteiger partial charge is 0.411 e. The van der Waals surface area contributed by atoms with Crippen molar-refractivity contribution in [2.24, 2.45) is 0 Å². The number of halogens is 3. The first kappa shape index (κ1) is 18.0. The van der Waals surface area contributed by atoms with E-state index in [2.05, 4.69) is 15.2 Å². The van der Waals surface area contributed by atoms with Crippen LogP contribution >= 0.6 is 0 Å². The van der Waals surface area contributed by atoms with Crippen molar-refractivity contribution < 1.29 is 22.7 Å². The molecule has 0 bridgehead atoms. The Morgan fingerprint density at radius 3 is 2.71 bits per heavy atom. The number of hydrogen-bond acceptors (Lipinski definition) is 3. The van der Waals surface area contributed by atoms with E-state index in [1.54, 1.807) is 10.9 Å². The fourth-order valence-corrected chi connectivity index (χ4v) is 2.00. The molecule has 8 heteroatoms. The number of rotatable bonds is 8. The molecule has 1 aromatic carbocycles. The molecular formula is C16H18F3N3O2. The Morgan fingerprint density at radius 1 is 1.25 bits per heavy atom. The molecule has 0 saturated heterocycles. The topological polar surface area (TPSA) is 56.1 Å². The van der Waals surface area contributed by atoms with Gasteiger partial charge in [0.2, 0.25) is 5.91 Å². The summed E-state index contributed by atoms with van der Waals surface area (Å²) < 4.78 is 41.7. The smallest absolute Gasteiger partial charge is 0.372 e. The number of para-hydroxylation sites is 1. The highest BCUT2D eigenvalue weighted by Crippen LogP contribution is 2.14. The highest BCUT2D eigenvalue weighted by molar-refractivity contribution is 5.75. The number of ether oxygens (including phenoxy) is 1. The molecule has 2 aromatic rings. The Balaban J connectivity index is 1.65. The second-order valence-electron chi connectivity index (χ2n) is 5.15. The van der Waals surface area contributed by atoms with Gasteiger partial charge in [0.1, 0.15) is 6.61 Å². The molecule has 1 amide bonds. The molecule has 0 aliphatic heterocycles. The summed E-state index contributed by atoms with van der Waals surface area (Å²) in [5.74, 6) is -0.340. The van der Waals surface area contributed by atoms with Gasteiger partial charge in [-0.05, 0) is 24.1 Å². The van der Waals surface area contributed by atoms with E-state index in [0.717, 1.165) is 11.3 Å². The van der Waals surface area contributed by atoms with Crippen LogP contribution in [0, 0.1) is 0 Å². The normalized spacial score (nSPS) is 11.5. The fraction of sp³-hybridized carbons (Fsp3) is 0.375. The number of carbonyl (C=O) groups is 1. The number of alkyl halides is 3. The Bertz CT molecular complexity index is 642. The molecular weight excluding hydrogens is 323 g/mol. The van der Waals surface area contributed by atoms with E-state index in [4.69, 9.17) is 0 Å². The van der Waals surface area contributed by atoms with Gasteiger partial charge in [0.25, 0.3) is 0 Å². The second kappa shape index (κ2) is 8.49. The lowest BCUT2D eigenvalue weighted by Crippen LogP contribution is -2.27. The summed E-state index contributed by atoms with van der Waals surface area (Å²) in [6.45, 7) is -1.20. The van der Waals surface area contributed by atoms with E-state index >= 15 is 0 Å². The van der Waals surface area contributed by atoms with Gasteiger partial charge >= 0.3 is 6.18 Å². The molecule has 0 radical (unpaired) electrons. The lowest BCUT2D eigenvalue weighted by Gasteiger charge is -2.07. The Kier molecular flexibility index (Phi) is 6.36. The standard InChI is InChI=1S/C16H18F3N3O2/c17-16(18,19)12-24-9-7-15(23)20-8-6-13-10-21-22(11-13)14-4-2-1-3-5-14/h1-5,10-11H,6-9,12H2,(H,20,23). The van der Waals surface area contributed by atoms with Crippen LogP contribution in [0.4, 0.5) is 13.2 Å². The van der Waals surface area contributed by atoms with Crippen LogP contribution in [-0.2, 0) is 16.0 Å². The Hall–Kier alpha value is -2.35. The van der Waals surface area contributed by atoms with E-state index in [9.17, 15) is 18.0 Å². The van der Waals surface area contributed by atoms with Crippen molar-refractivity contribution in [3.8, 4) is 5.69 Å². The van der Waals surface area contributed by atoms with E-state index in [1.165, 1.54) is 0 Å². The number of carbonyl (C=O) groups excluding carboxylic acids is 1. The maximum Gasteiger partial charge on any atom is 0.411 e. The van der Waals surface area contributed by atoms with Gasteiger partial charge in [0.05, 0.1) is 18.5 Å². The Morgan fingerprint density at radius 2 is 2.00 bits per heavy atom. The zero-order chi connectivity index (χ0) is 17.4. The molecule has 1 aromatic heterocycles. The van der Waals surface area contributed by atoms with E-state index in [1.807, 2.05) is 36.5 Å². The van der Waals surface area contributed by atoms with Crippen LogP contribution in [0.5, 0.6) is 0 Å². The molecule has 0 atom stereocenters. The molecule has 2 rings (SSSR count). The van der Waals surface area contributed by atoms with Crippen LogP contribution in [0.1, 0.15) is 12.0 Å². The van der Waals surface area contributed by atoms with Gasteiger partial charge in [-0.2, -0.15) is 18.3 Å². The molecule has 0 spiro atoms. The van der Waals surface area contributed by atoms with Gasteiger partial charge in [-0.3, -0.25) is 4.79 Å². The quantitative estimate of drug-likeness (QED) is 0.751. The highest BCUT2D eigenvalue weighted by atomic mass is 19.4. The summed E-state index contributed by atoms with van der Waals surface area (Å²) in [5.41, 5.74) is 1.89. The van der Waals surface area contributed by atoms with Gasteiger partial charge < -0.3 is 10.1 Å². The summed E-state index contributed by atoms with van der Waals surface area (Å²) in [4.78, 5) is 11.5. The van der Waals surface area contributed by atoms with Gasteiger partial charge in [-0.15, -0.1) is 0 Å². The fourth-order valence-electron chi connectivity index (χ4n) is 2.00. The average Bonchev–Trinajstić information content (AvgIpc) is 3.00. The van der Waals surface area contributed by atoms with Gasteiger partial charge in [-0.25, -0.2) is 4.68 Å². The van der Waals surface area contributed by atoms with E-state index in [0.29, 0.717) is 13.0 Å². The van der Waals surface area contributed by atoms with Crippen molar-refractivity contribution in [1.82, 2.24) is 15.1 Å². The highest BCUT2D eigenvalue weighted by Gasteiger charge is 2.27. The summed E-state index contributed by atoms with van der Waals surface area (Å²) in [5, 5.41) is 6.89. The molecule has 1 heterocycles. The van der Waals surface area contributed by atoms with Crippen molar-refractivity contribution >= 4 is 5.91 Å². The molecule has 0 aliphatic rings. The molecule has 24 heavy (non-hydrogen) atoms. The minimum absolute atomic E-state index is 0.0979. The number of amides is 1. The van der Waals surface area contributed by atoms with Crippen LogP contribution in [0.2, 0.25) is 0 Å². The molecule has 1 N–H and O–H groups in total.